The number of thiazole rings is 1. The van der Waals surface area contributed by atoms with Crippen molar-refractivity contribution in [3.05, 3.63) is 53.7 Å². The lowest BCUT2D eigenvalue weighted by Crippen LogP contribution is -2.26. The van der Waals surface area contributed by atoms with E-state index in [2.05, 4.69) is 15.0 Å². The molecule has 0 spiro atoms. The average Bonchev–Trinajstić information content (AvgIpc) is 3.08. The fraction of sp³-hybridized carbons (Fsp3) is 0.238. The van der Waals surface area contributed by atoms with Gasteiger partial charge in [0.15, 0.2) is 5.13 Å². The molecule has 0 atom stereocenters. The van der Waals surface area contributed by atoms with E-state index in [1.54, 1.807) is 49.4 Å². The molecule has 0 saturated carbocycles. The van der Waals surface area contributed by atoms with E-state index < -0.39 is 10.0 Å². The second-order valence-electron chi connectivity index (χ2n) is 6.79. The molecule has 10 heteroatoms. The zero-order chi connectivity index (χ0) is 22.6. The van der Waals surface area contributed by atoms with Gasteiger partial charge in [-0.2, -0.15) is 0 Å². The fourth-order valence-corrected chi connectivity index (χ4v) is 5.20. The number of nitrogens with one attached hydrogen (secondary N) is 2. The second-order valence-corrected chi connectivity index (χ2v) is 9.53. The van der Waals surface area contributed by atoms with Crippen molar-refractivity contribution in [1.29, 1.82) is 0 Å². The van der Waals surface area contributed by atoms with Crippen molar-refractivity contribution in [3.63, 3.8) is 0 Å². The number of anilines is 1. The molecule has 0 aliphatic carbocycles. The number of phenols is 1. The van der Waals surface area contributed by atoms with E-state index in [0.29, 0.717) is 22.8 Å². The SMILES string of the molecule is COc1ccc(-c2sc(NC(C)=O)nc2C)cc1S(=O)(=O)NCCc1ccc(O)cc1. The average molecular weight is 462 g/mol. The first kappa shape index (κ1) is 22.7. The van der Waals surface area contributed by atoms with Crippen LogP contribution in [0.2, 0.25) is 0 Å². The molecule has 31 heavy (non-hydrogen) atoms. The molecule has 164 valence electrons. The molecule has 2 aromatic carbocycles. The van der Waals surface area contributed by atoms with Crippen molar-refractivity contribution in [2.24, 2.45) is 0 Å². The molecule has 1 amide bonds. The van der Waals surface area contributed by atoms with Crippen LogP contribution in [-0.4, -0.2) is 38.1 Å². The summed E-state index contributed by atoms with van der Waals surface area (Å²) in [6.07, 6.45) is 0.468. The van der Waals surface area contributed by atoms with Crippen LogP contribution in [0.5, 0.6) is 11.5 Å². The molecular formula is C21H23N3O5S2. The molecule has 3 aromatic rings. The van der Waals surface area contributed by atoms with Crippen LogP contribution < -0.4 is 14.8 Å². The molecular weight excluding hydrogens is 438 g/mol. The lowest BCUT2D eigenvalue weighted by atomic mass is 10.1. The third kappa shape index (κ3) is 5.60. The minimum absolute atomic E-state index is 0.0204. The number of hydrogen-bond donors (Lipinski definition) is 3. The molecule has 3 rings (SSSR count). The number of amides is 1. The molecule has 1 aromatic heterocycles. The van der Waals surface area contributed by atoms with E-state index in [9.17, 15) is 18.3 Å². The minimum atomic E-state index is -3.85. The topological polar surface area (TPSA) is 118 Å². The molecule has 3 N–H and O–H groups in total. The number of methoxy groups -OCH3 is 1. The minimum Gasteiger partial charge on any atom is -0.508 e. The number of benzene rings is 2. The Morgan fingerprint density at radius 2 is 1.90 bits per heavy atom. The van der Waals surface area contributed by atoms with Gasteiger partial charge in [-0.1, -0.05) is 23.5 Å². The Labute approximate surface area is 185 Å². The van der Waals surface area contributed by atoms with Gasteiger partial charge in [0, 0.05) is 13.5 Å². The predicted molar refractivity (Wildman–Crippen MR) is 120 cm³/mol. The fourth-order valence-electron chi connectivity index (χ4n) is 2.97. The Hall–Kier alpha value is -2.95. The molecule has 0 saturated heterocycles. The number of hydrogen-bond acceptors (Lipinski definition) is 7. The first-order chi connectivity index (χ1) is 14.7. The highest BCUT2D eigenvalue weighted by Gasteiger charge is 2.21. The standard InChI is InChI=1S/C21H23N3O5S2/c1-13-20(30-21(23-13)24-14(2)25)16-6-9-18(29-3)19(12-16)31(27,28)22-11-10-15-4-7-17(26)8-5-15/h4-9,12,22,26H,10-11H2,1-3H3,(H,23,24,25). The number of phenolic OH excluding ortho intramolecular Hbond substituents is 1. The summed E-state index contributed by atoms with van der Waals surface area (Å²) in [5.41, 5.74) is 2.24. The maximum atomic E-state index is 13.0. The summed E-state index contributed by atoms with van der Waals surface area (Å²) in [6.45, 7) is 3.39. The Bertz CT molecular complexity index is 1190. The second kappa shape index (κ2) is 9.46. The number of ether oxygens (including phenoxy) is 1. The van der Waals surface area contributed by atoms with Gasteiger partial charge in [0.1, 0.15) is 16.4 Å². The summed E-state index contributed by atoms with van der Waals surface area (Å²) in [5.74, 6) is 0.159. The lowest BCUT2D eigenvalue weighted by Gasteiger charge is -2.12. The van der Waals surface area contributed by atoms with Crippen molar-refractivity contribution >= 4 is 32.4 Å². The highest BCUT2D eigenvalue weighted by Crippen LogP contribution is 2.36. The molecule has 0 radical (unpaired) electrons. The van der Waals surface area contributed by atoms with E-state index >= 15 is 0 Å². The normalized spacial score (nSPS) is 11.3. The van der Waals surface area contributed by atoms with E-state index in [4.69, 9.17) is 4.74 Å². The van der Waals surface area contributed by atoms with Crippen molar-refractivity contribution in [2.45, 2.75) is 25.2 Å². The Morgan fingerprint density at radius 3 is 2.55 bits per heavy atom. The Kier molecular flexibility index (Phi) is 6.94. The largest absolute Gasteiger partial charge is 0.508 e. The number of rotatable bonds is 8. The van der Waals surface area contributed by atoms with Crippen LogP contribution in [0.3, 0.4) is 0 Å². The summed E-state index contributed by atoms with van der Waals surface area (Å²) in [4.78, 5) is 16.4. The van der Waals surface area contributed by atoms with Gasteiger partial charge < -0.3 is 15.2 Å². The van der Waals surface area contributed by atoms with Gasteiger partial charge in [0.2, 0.25) is 15.9 Å². The number of aryl methyl sites for hydroxylation is 1. The van der Waals surface area contributed by atoms with Crippen LogP contribution >= 0.6 is 11.3 Å². The highest BCUT2D eigenvalue weighted by atomic mass is 32.2. The number of carbonyl (C=O) groups is 1. The van der Waals surface area contributed by atoms with E-state index in [1.165, 1.54) is 25.4 Å². The quantitative estimate of drug-likeness (QED) is 0.474. The van der Waals surface area contributed by atoms with Crippen molar-refractivity contribution < 1.29 is 23.1 Å². The van der Waals surface area contributed by atoms with E-state index in [0.717, 1.165) is 10.4 Å². The number of aromatic nitrogens is 1. The highest BCUT2D eigenvalue weighted by molar-refractivity contribution is 7.89. The zero-order valence-electron chi connectivity index (χ0n) is 17.3. The van der Waals surface area contributed by atoms with Crippen molar-refractivity contribution in [2.75, 3.05) is 19.0 Å². The van der Waals surface area contributed by atoms with Crippen LogP contribution in [0, 0.1) is 6.92 Å². The Morgan fingerprint density at radius 1 is 1.19 bits per heavy atom. The van der Waals surface area contributed by atoms with Gasteiger partial charge >= 0.3 is 0 Å². The molecule has 0 fully saturated rings. The first-order valence-electron chi connectivity index (χ1n) is 9.40. The molecule has 1 heterocycles. The molecule has 0 unspecified atom stereocenters. The van der Waals surface area contributed by atoms with Gasteiger partial charge in [0.05, 0.1) is 17.7 Å². The molecule has 8 nitrogen and oxygen atoms in total. The Balaban J connectivity index is 1.85. The van der Waals surface area contributed by atoms with Gasteiger partial charge in [0.25, 0.3) is 0 Å². The summed E-state index contributed by atoms with van der Waals surface area (Å²) in [7, 11) is -2.43. The van der Waals surface area contributed by atoms with Gasteiger partial charge in [-0.25, -0.2) is 18.1 Å². The van der Waals surface area contributed by atoms with E-state index in [-0.39, 0.29) is 28.8 Å². The van der Waals surface area contributed by atoms with Gasteiger partial charge in [-0.3, -0.25) is 4.79 Å². The number of carbonyl (C=O) groups excluding carboxylic acids is 1. The first-order valence-corrected chi connectivity index (χ1v) is 11.7. The summed E-state index contributed by atoms with van der Waals surface area (Å²) < 4.78 is 33.8. The predicted octanol–water partition coefficient (Wildman–Crippen LogP) is 3.31. The van der Waals surface area contributed by atoms with E-state index in [1.807, 2.05) is 0 Å². The number of sulfonamides is 1. The molecule has 0 aliphatic heterocycles. The lowest BCUT2D eigenvalue weighted by molar-refractivity contribution is -0.114. The van der Waals surface area contributed by atoms with Crippen molar-refractivity contribution in [1.82, 2.24) is 9.71 Å². The summed E-state index contributed by atoms with van der Waals surface area (Å²) in [5, 5.41) is 12.5. The number of nitrogens with zero attached hydrogens (tertiary/aromatic N) is 1. The summed E-state index contributed by atoms with van der Waals surface area (Å²) in [6, 6.07) is 11.5. The molecule has 0 bridgehead atoms. The number of aromatic hydroxyl groups is 1. The van der Waals surface area contributed by atoms with Crippen LogP contribution in [0.15, 0.2) is 47.4 Å². The molecule has 0 aliphatic rings. The summed E-state index contributed by atoms with van der Waals surface area (Å²) >= 11 is 1.27. The third-order valence-corrected chi connectivity index (χ3v) is 7.04. The van der Waals surface area contributed by atoms with Crippen molar-refractivity contribution in [3.8, 4) is 21.9 Å². The smallest absolute Gasteiger partial charge is 0.244 e. The third-order valence-electron chi connectivity index (χ3n) is 4.44. The van der Waals surface area contributed by atoms with Crippen LogP contribution in [0.4, 0.5) is 5.13 Å². The van der Waals surface area contributed by atoms with Crippen LogP contribution in [0.1, 0.15) is 18.2 Å². The maximum absolute atomic E-state index is 13.0. The monoisotopic (exact) mass is 461 g/mol. The zero-order valence-corrected chi connectivity index (χ0v) is 18.9. The van der Waals surface area contributed by atoms with Crippen LogP contribution in [0.25, 0.3) is 10.4 Å². The van der Waals surface area contributed by atoms with Gasteiger partial charge in [-0.05, 0) is 54.8 Å². The maximum Gasteiger partial charge on any atom is 0.244 e. The van der Waals surface area contributed by atoms with Crippen LogP contribution in [-0.2, 0) is 21.2 Å². The van der Waals surface area contributed by atoms with Gasteiger partial charge in [-0.15, -0.1) is 0 Å².